The van der Waals surface area contributed by atoms with Gasteiger partial charge in [-0.3, -0.25) is 0 Å². The lowest BCUT2D eigenvalue weighted by Gasteiger charge is -2.09. The molecule has 0 aliphatic heterocycles. The molecule has 0 aliphatic carbocycles. The molecule has 0 saturated heterocycles. The number of phenolic OH excluding ortho intramolecular Hbond substituents is 4. The van der Waals surface area contributed by atoms with Gasteiger partial charge in [-0.1, -0.05) is 18.3 Å². The molecule has 2 rings (SSSR count). The Morgan fingerprint density at radius 2 is 1.75 bits per heavy atom. The SMILES string of the molecule is Cc1c(O)cc(CNC(=S)/C=C/c2ccc(O)c(O)c2Br)cc1O. The third-order valence-electron chi connectivity index (χ3n) is 3.42. The van der Waals surface area contributed by atoms with Crippen molar-refractivity contribution in [3.63, 3.8) is 0 Å². The molecule has 0 saturated carbocycles. The van der Waals surface area contributed by atoms with Gasteiger partial charge >= 0.3 is 0 Å². The first-order valence-corrected chi connectivity index (χ1v) is 8.17. The van der Waals surface area contributed by atoms with Gasteiger partial charge in [-0.25, -0.2) is 0 Å². The molecule has 5 N–H and O–H groups in total. The minimum Gasteiger partial charge on any atom is -0.508 e. The Kier molecular flexibility index (Phi) is 5.69. The van der Waals surface area contributed by atoms with E-state index >= 15 is 0 Å². The minimum atomic E-state index is -0.235. The molecule has 0 heterocycles. The van der Waals surface area contributed by atoms with E-state index in [1.807, 2.05) is 0 Å². The smallest absolute Gasteiger partial charge is 0.172 e. The topological polar surface area (TPSA) is 93.0 Å². The summed E-state index contributed by atoms with van der Waals surface area (Å²) in [5.74, 6) is -0.395. The Morgan fingerprint density at radius 3 is 2.38 bits per heavy atom. The van der Waals surface area contributed by atoms with Crippen molar-refractivity contribution in [1.29, 1.82) is 0 Å². The van der Waals surface area contributed by atoms with Gasteiger partial charge in [0.15, 0.2) is 11.5 Å². The number of phenols is 4. The van der Waals surface area contributed by atoms with Crippen LogP contribution in [0.25, 0.3) is 6.08 Å². The molecule has 7 heteroatoms. The maximum absolute atomic E-state index is 9.69. The molecule has 2 aromatic carbocycles. The normalized spacial score (nSPS) is 10.9. The Labute approximate surface area is 153 Å². The third-order valence-corrected chi connectivity index (χ3v) is 4.53. The van der Waals surface area contributed by atoms with E-state index in [0.29, 0.717) is 32.7 Å². The molecule has 0 radical (unpaired) electrons. The molecule has 0 bridgehead atoms. The predicted octanol–water partition coefficient (Wildman–Crippen LogP) is 3.71. The maximum Gasteiger partial charge on any atom is 0.172 e. The van der Waals surface area contributed by atoms with Crippen LogP contribution in [0, 0.1) is 6.92 Å². The molecule has 5 nitrogen and oxygen atoms in total. The van der Waals surface area contributed by atoms with Gasteiger partial charge in [-0.2, -0.15) is 0 Å². The van der Waals surface area contributed by atoms with Crippen LogP contribution in [0.15, 0.2) is 34.8 Å². The summed E-state index contributed by atoms with van der Waals surface area (Å²) in [5.41, 5.74) is 1.77. The summed E-state index contributed by atoms with van der Waals surface area (Å²) < 4.78 is 0.370. The first-order valence-electron chi connectivity index (χ1n) is 6.97. The highest BCUT2D eigenvalue weighted by Crippen LogP contribution is 2.36. The summed E-state index contributed by atoms with van der Waals surface area (Å²) in [6.07, 6.45) is 3.32. The number of nitrogens with one attached hydrogen (secondary N) is 1. The van der Waals surface area contributed by atoms with E-state index in [0.717, 1.165) is 0 Å². The number of thiocarbonyl (C=S) groups is 1. The van der Waals surface area contributed by atoms with Crippen molar-refractivity contribution in [3.8, 4) is 23.0 Å². The van der Waals surface area contributed by atoms with Crippen LogP contribution >= 0.6 is 28.1 Å². The van der Waals surface area contributed by atoms with E-state index in [-0.39, 0.29) is 23.0 Å². The highest BCUT2D eigenvalue weighted by atomic mass is 79.9. The number of halogens is 1. The van der Waals surface area contributed by atoms with E-state index in [1.165, 1.54) is 6.07 Å². The van der Waals surface area contributed by atoms with Gasteiger partial charge in [0, 0.05) is 12.1 Å². The zero-order valence-corrected chi connectivity index (χ0v) is 15.1. The quantitative estimate of drug-likeness (QED) is 0.300. The van der Waals surface area contributed by atoms with Crippen LogP contribution in [0.4, 0.5) is 0 Å². The Bertz CT molecular complexity index is 797. The summed E-state index contributed by atoms with van der Waals surface area (Å²) in [4.78, 5) is 0.439. The molecule has 0 atom stereocenters. The maximum atomic E-state index is 9.69. The standard InChI is InChI=1S/C17H16BrNO4S/c1-9-13(21)6-10(7-14(9)22)8-19-15(24)5-3-11-2-4-12(20)17(23)16(11)18/h2-7,20-23H,8H2,1H3,(H,19,24)/b5-3+. The van der Waals surface area contributed by atoms with Gasteiger partial charge in [-0.05, 0) is 64.3 Å². The Morgan fingerprint density at radius 1 is 1.12 bits per heavy atom. The number of rotatable bonds is 4. The van der Waals surface area contributed by atoms with Crippen LogP contribution < -0.4 is 5.32 Å². The average Bonchev–Trinajstić information content (AvgIpc) is 2.55. The van der Waals surface area contributed by atoms with Gasteiger partial charge in [0.1, 0.15) is 11.5 Å². The molecular weight excluding hydrogens is 394 g/mol. The fraction of sp³-hybridized carbons (Fsp3) is 0.118. The van der Waals surface area contributed by atoms with Gasteiger partial charge < -0.3 is 25.7 Å². The van der Waals surface area contributed by atoms with Gasteiger partial charge in [0.05, 0.1) is 9.46 Å². The first kappa shape index (κ1) is 18.1. The van der Waals surface area contributed by atoms with Crippen LogP contribution in [0.3, 0.4) is 0 Å². The lowest BCUT2D eigenvalue weighted by Crippen LogP contribution is -2.18. The summed E-state index contributed by atoms with van der Waals surface area (Å²) in [6, 6.07) is 6.13. The van der Waals surface area contributed by atoms with Gasteiger partial charge in [0.25, 0.3) is 0 Å². The van der Waals surface area contributed by atoms with E-state index in [9.17, 15) is 20.4 Å². The van der Waals surface area contributed by atoms with Crippen molar-refractivity contribution in [2.75, 3.05) is 0 Å². The van der Waals surface area contributed by atoms with Crippen molar-refractivity contribution >= 4 is 39.2 Å². The van der Waals surface area contributed by atoms with Crippen molar-refractivity contribution < 1.29 is 20.4 Å². The van der Waals surface area contributed by atoms with E-state index in [1.54, 1.807) is 37.3 Å². The molecule has 0 amide bonds. The average molecular weight is 410 g/mol. The second-order valence-corrected chi connectivity index (χ2v) is 6.38. The number of hydrogen-bond acceptors (Lipinski definition) is 5. The van der Waals surface area contributed by atoms with Gasteiger partial charge in [0.2, 0.25) is 0 Å². The number of benzene rings is 2. The Hall–Kier alpha value is -2.25. The van der Waals surface area contributed by atoms with Crippen molar-refractivity contribution in [2.45, 2.75) is 13.5 Å². The van der Waals surface area contributed by atoms with Crippen molar-refractivity contribution in [2.24, 2.45) is 0 Å². The second kappa shape index (κ2) is 7.55. The molecule has 0 aliphatic rings. The molecule has 24 heavy (non-hydrogen) atoms. The van der Waals surface area contributed by atoms with Crippen LogP contribution in [0.2, 0.25) is 0 Å². The molecule has 2 aromatic rings. The number of hydrogen-bond donors (Lipinski definition) is 5. The van der Waals surface area contributed by atoms with Crippen LogP contribution in [0.1, 0.15) is 16.7 Å². The van der Waals surface area contributed by atoms with E-state index in [2.05, 4.69) is 21.2 Å². The predicted molar refractivity (Wildman–Crippen MR) is 100 cm³/mol. The number of aromatic hydroxyl groups is 4. The van der Waals surface area contributed by atoms with E-state index in [4.69, 9.17) is 12.2 Å². The summed E-state index contributed by atoms with van der Waals surface area (Å²) in [7, 11) is 0. The van der Waals surface area contributed by atoms with Crippen LogP contribution in [-0.2, 0) is 6.54 Å². The molecule has 0 fully saturated rings. The molecule has 0 unspecified atom stereocenters. The van der Waals surface area contributed by atoms with Gasteiger partial charge in [-0.15, -0.1) is 0 Å². The first-order chi connectivity index (χ1) is 11.3. The molecular formula is C17H16BrNO4S. The highest BCUT2D eigenvalue weighted by Gasteiger charge is 2.08. The molecule has 126 valence electrons. The lowest BCUT2D eigenvalue weighted by molar-refractivity contribution is 0.401. The fourth-order valence-corrected chi connectivity index (χ4v) is 2.56. The van der Waals surface area contributed by atoms with Crippen LogP contribution in [-0.4, -0.2) is 25.4 Å². The monoisotopic (exact) mass is 409 g/mol. The second-order valence-electron chi connectivity index (χ2n) is 5.15. The summed E-state index contributed by atoms with van der Waals surface area (Å²) in [6.45, 7) is 1.97. The third kappa shape index (κ3) is 4.18. The zero-order chi connectivity index (χ0) is 17.9. The largest absolute Gasteiger partial charge is 0.508 e. The van der Waals surface area contributed by atoms with Crippen molar-refractivity contribution in [3.05, 3.63) is 51.5 Å². The van der Waals surface area contributed by atoms with Crippen LogP contribution in [0.5, 0.6) is 23.0 Å². The molecule has 0 aromatic heterocycles. The van der Waals surface area contributed by atoms with Crippen molar-refractivity contribution in [1.82, 2.24) is 5.32 Å². The fourth-order valence-electron chi connectivity index (χ4n) is 1.95. The minimum absolute atomic E-state index is 0.0248. The summed E-state index contributed by atoms with van der Waals surface area (Å²) in [5, 5.41) is 41.4. The highest BCUT2D eigenvalue weighted by molar-refractivity contribution is 9.10. The molecule has 0 spiro atoms. The zero-order valence-electron chi connectivity index (χ0n) is 12.7. The van der Waals surface area contributed by atoms with E-state index < -0.39 is 0 Å². The summed E-state index contributed by atoms with van der Waals surface area (Å²) >= 11 is 8.39. The Balaban J connectivity index is 2.03. The lowest BCUT2D eigenvalue weighted by atomic mass is 10.1.